The van der Waals surface area contributed by atoms with Crippen molar-refractivity contribution in [2.24, 2.45) is 0 Å². The van der Waals surface area contributed by atoms with Crippen LogP contribution < -0.4 is 0 Å². The van der Waals surface area contributed by atoms with Crippen molar-refractivity contribution in [2.75, 3.05) is 0 Å². The quantitative estimate of drug-likeness (QED) is 0.699. The lowest BCUT2D eigenvalue weighted by molar-refractivity contribution is -0.0679. The molecular formula is C9H5ClF3N. The molecule has 0 aromatic heterocycles. The number of alkyl halides is 3. The van der Waals surface area contributed by atoms with Crippen LogP contribution in [0.15, 0.2) is 24.3 Å². The van der Waals surface area contributed by atoms with Gasteiger partial charge < -0.3 is 0 Å². The molecule has 1 rings (SSSR count). The van der Waals surface area contributed by atoms with Crippen LogP contribution in [0.3, 0.4) is 0 Å². The van der Waals surface area contributed by atoms with E-state index in [1.54, 1.807) is 0 Å². The molecule has 1 aromatic carbocycles. The molecule has 0 fully saturated rings. The van der Waals surface area contributed by atoms with Gasteiger partial charge in [0, 0.05) is 5.02 Å². The number of nitrogens with one attached hydrogen (secondary N) is 1. The van der Waals surface area contributed by atoms with Gasteiger partial charge in [-0.25, -0.2) is 0 Å². The Labute approximate surface area is 83.3 Å². The largest absolute Gasteiger partial charge is 0.425 e. The molecular weight excluding hydrogens is 215 g/mol. The van der Waals surface area contributed by atoms with E-state index in [1.807, 2.05) is 0 Å². The van der Waals surface area contributed by atoms with Crippen molar-refractivity contribution in [3.05, 3.63) is 34.9 Å². The molecule has 74 valence electrons. The van der Waals surface area contributed by atoms with Gasteiger partial charge in [-0.05, 0) is 23.6 Å². The summed E-state index contributed by atoms with van der Waals surface area (Å²) in [6, 6.07) is 5.23. The van der Waals surface area contributed by atoms with Crippen LogP contribution >= 0.6 is 11.6 Å². The van der Waals surface area contributed by atoms with Gasteiger partial charge in [0.05, 0.1) is 0 Å². The number of hydrogen-bond donors (Lipinski definition) is 1. The average Bonchev–Trinajstić information content (AvgIpc) is 2.02. The van der Waals surface area contributed by atoms with Crippen molar-refractivity contribution < 1.29 is 13.2 Å². The smallest absolute Gasteiger partial charge is 0.258 e. The molecule has 0 aliphatic rings. The average molecular weight is 220 g/mol. The van der Waals surface area contributed by atoms with Crippen LogP contribution in [0.4, 0.5) is 13.2 Å². The van der Waals surface area contributed by atoms with Gasteiger partial charge in [0.25, 0.3) is 0 Å². The molecule has 1 nitrogen and oxygen atoms in total. The molecule has 0 saturated carbocycles. The maximum absolute atomic E-state index is 12.3. The summed E-state index contributed by atoms with van der Waals surface area (Å²) in [6.45, 7) is 0. The number of hydrogen-bond acceptors (Lipinski definition) is 1. The fourth-order valence-corrected chi connectivity index (χ4v) is 1.14. The minimum Gasteiger partial charge on any atom is -0.258 e. The first kappa shape index (κ1) is 10.8. The minimum absolute atomic E-state index is 0.153. The van der Waals surface area contributed by atoms with E-state index in [-0.39, 0.29) is 10.6 Å². The van der Waals surface area contributed by atoms with Gasteiger partial charge in [-0.2, -0.15) is 13.2 Å². The fourth-order valence-electron chi connectivity index (χ4n) is 0.951. The number of rotatable bonds is 1. The van der Waals surface area contributed by atoms with Crippen LogP contribution in [0.25, 0.3) is 5.57 Å². The van der Waals surface area contributed by atoms with E-state index in [0.29, 0.717) is 0 Å². The van der Waals surface area contributed by atoms with Crippen LogP contribution in [-0.2, 0) is 0 Å². The molecule has 0 radical (unpaired) electrons. The van der Waals surface area contributed by atoms with Crippen molar-refractivity contribution in [2.45, 2.75) is 6.18 Å². The lowest BCUT2D eigenvalue weighted by Gasteiger charge is -2.08. The SMILES string of the molecule is N=C=C(c1cccc(Cl)c1)C(F)(F)F. The molecule has 0 amide bonds. The highest BCUT2D eigenvalue weighted by Crippen LogP contribution is 2.32. The third kappa shape index (κ3) is 2.37. The molecule has 0 atom stereocenters. The van der Waals surface area contributed by atoms with Gasteiger partial charge in [-0.3, -0.25) is 5.41 Å². The van der Waals surface area contributed by atoms with Crippen molar-refractivity contribution in [3.63, 3.8) is 0 Å². The van der Waals surface area contributed by atoms with Gasteiger partial charge in [-0.1, -0.05) is 23.7 Å². The molecule has 0 aliphatic carbocycles. The zero-order chi connectivity index (χ0) is 10.8. The van der Waals surface area contributed by atoms with Gasteiger partial charge in [0.2, 0.25) is 0 Å². The fraction of sp³-hybridized carbons (Fsp3) is 0.111. The summed E-state index contributed by atoms with van der Waals surface area (Å²) in [6.07, 6.45) is -4.58. The first-order valence-electron chi connectivity index (χ1n) is 3.58. The third-order valence-electron chi connectivity index (χ3n) is 1.52. The summed E-state index contributed by atoms with van der Waals surface area (Å²) in [5.74, 6) is 1.37. The Morgan fingerprint density at radius 1 is 1.36 bits per heavy atom. The van der Waals surface area contributed by atoms with Gasteiger partial charge in [0.1, 0.15) is 5.57 Å². The van der Waals surface area contributed by atoms with Crippen LogP contribution in [0.2, 0.25) is 5.02 Å². The molecule has 0 spiro atoms. The standard InChI is InChI=1S/C9H5ClF3N/c10-7-3-1-2-6(4-7)8(5-14)9(11,12)13/h1-4,14H. The highest BCUT2D eigenvalue weighted by atomic mass is 35.5. The Balaban J connectivity index is 3.23. The van der Waals surface area contributed by atoms with E-state index in [2.05, 4.69) is 0 Å². The van der Waals surface area contributed by atoms with E-state index in [1.165, 1.54) is 24.1 Å². The summed E-state index contributed by atoms with van der Waals surface area (Å²) in [5, 5.41) is 6.77. The zero-order valence-corrected chi connectivity index (χ0v) is 7.58. The van der Waals surface area contributed by atoms with Crippen molar-refractivity contribution in [1.82, 2.24) is 0 Å². The molecule has 1 N–H and O–H groups in total. The number of allylic oxidation sites excluding steroid dienone is 1. The Morgan fingerprint density at radius 3 is 2.43 bits per heavy atom. The Morgan fingerprint density at radius 2 is 2.00 bits per heavy atom. The van der Waals surface area contributed by atoms with E-state index < -0.39 is 11.7 Å². The molecule has 0 bridgehead atoms. The molecule has 0 unspecified atom stereocenters. The highest BCUT2D eigenvalue weighted by Gasteiger charge is 2.35. The van der Waals surface area contributed by atoms with E-state index in [4.69, 9.17) is 17.0 Å². The zero-order valence-electron chi connectivity index (χ0n) is 6.82. The number of benzene rings is 1. The van der Waals surface area contributed by atoms with Gasteiger partial charge >= 0.3 is 6.18 Å². The van der Waals surface area contributed by atoms with Crippen molar-refractivity contribution in [3.8, 4) is 0 Å². The lowest BCUT2D eigenvalue weighted by atomic mass is 10.1. The summed E-state index contributed by atoms with van der Waals surface area (Å²) >= 11 is 5.53. The normalized spacial score (nSPS) is 10.9. The Bertz CT molecular complexity index is 391. The van der Waals surface area contributed by atoms with Gasteiger partial charge in [0.15, 0.2) is 0 Å². The molecule has 0 heterocycles. The van der Waals surface area contributed by atoms with Crippen molar-refractivity contribution in [1.29, 1.82) is 5.41 Å². The van der Waals surface area contributed by atoms with E-state index in [9.17, 15) is 13.2 Å². The van der Waals surface area contributed by atoms with Crippen LogP contribution in [0, 0.1) is 5.41 Å². The first-order valence-corrected chi connectivity index (χ1v) is 3.96. The second-order valence-electron chi connectivity index (χ2n) is 2.51. The second-order valence-corrected chi connectivity index (χ2v) is 2.94. The lowest BCUT2D eigenvalue weighted by Crippen LogP contribution is -2.11. The van der Waals surface area contributed by atoms with Crippen LogP contribution in [0.1, 0.15) is 5.56 Å². The molecule has 1 aromatic rings. The first-order chi connectivity index (χ1) is 6.45. The summed E-state index contributed by atoms with van der Waals surface area (Å²) in [7, 11) is 0. The van der Waals surface area contributed by atoms with Crippen LogP contribution in [0.5, 0.6) is 0 Å². The van der Waals surface area contributed by atoms with Gasteiger partial charge in [-0.15, -0.1) is 0 Å². The summed E-state index contributed by atoms with van der Waals surface area (Å²) in [5.41, 5.74) is -1.28. The van der Waals surface area contributed by atoms with E-state index in [0.717, 1.165) is 6.07 Å². The molecule has 5 heteroatoms. The maximum atomic E-state index is 12.3. The minimum atomic E-state index is -4.58. The monoisotopic (exact) mass is 219 g/mol. The predicted molar refractivity (Wildman–Crippen MR) is 48.6 cm³/mol. The van der Waals surface area contributed by atoms with Crippen molar-refractivity contribution >= 4 is 23.0 Å². The maximum Gasteiger partial charge on any atom is 0.425 e. The highest BCUT2D eigenvalue weighted by molar-refractivity contribution is 6.30. The van der Waals surface area contributed by atoms with Crippen LogP contribution in [-0.4, -0.2) is 12.0 Å². The number of halogens is 4. The molecule has 14 heavy (non-hydrogen) atoms. The second kappa shape index (κ2) is 3.86. The van der Waals surface area contributed by atoms with E-state index >= 15 is 0 Å². The third-order valence-corrected chi connectivity index (χ3v) is 1.76. The predicted octanol–water partition coefficient (Wildman–Crippen LogP) is 3.53. The molecule has 0 saturated heterocycles. The summed E-state index contributed by atoms with van der Waals surface area (Å²) < 4.78 is 36.8. The topological polar surface area (TPSA) is 23.9 Å². The summed E-state index contributed by atoms with van der Waals surface area (Å²) in [4.78, 5) is 0. The Kier molecular flexibility index (Phi) is 2.99. The molecule has 0 aliphatic heterocycles. The Hall–Kier alpha value is -1.25.